The molecule has 0 bridgehead atoms. The number of ether oxygens (including phenoxy) is 3. The van der Waals surface area contributed by atoms with Crippen LogP contribution in [0.5, 0.6) is 17.2 Å². The Morgan fingerprint density at radius 3 is 2.58 bits per heavy atom. The van der Waals surface area contributed by atoms with Crippen molar-refractivity contribution in [1.29, 1.82) is 0 Å². The molecule has 0 aliphatic carbocycles. The zero-order valence-corrected chi connectivity index (χ0v) is 21.5. The van der Waals surface area contributed by atoms with Crippen LogP contribution in [0.25, 0.3) is 10.1 Å². The Morgan fingerprint density at radius 2 is 1.83 bits per heavy atom. The number of hydrogen-bond donors (Lipinski definition) is 1. The van der Waals surface area contributed by atoms with Crippen molar-refractivity contribution in [2.75, 3.05) is 7.11 Å². The Morgan fingerprint density at radius 1 is 1.03 bits per heavy atom. The third-order valence-corrected chi connectivity index (χ3v) is 6.87. The largest absolute Gasteiger partial charge is 0.493 e. The number of hydrazone groups is 1. The van der Waals surface area contributed by atoms with E-state index in [0.717, 1.165) is 10.1 Å². The molecule has 4 aromatic rings. The van der Waals surface area contributed by atoms with Gasteiger partial charge in [0, 0.05) is 15.1 Å². The van der Waals surface area contributed by atoms with Crippen molar-refractivity contribution in [3.8, 4) is 17.2 Å². The summed E-state index contributed by atoms with van der Waals surface area (Å²) >= 11 is 13.6. The van der Waals surface area contributed by atoms with Gasteiger partial charge in [0.1, 0.15) is 10.6 Å². The molecule has 4 rings (SSSR count). The highest BCUT2D eigenvalue weighted by Crippen LogP contribution is 2.37. The minimum atomic E-state index is -0.794. The van der Waals surface area contributed by atoms with Crippen LogP contribution in [0.1, 0.15) is 22.2 Å². The maximum Gasteiger partial charge on any atom is 0.355 e. The van der Waals surface area contributed by atoms with E-state index in [-0.39, 0.29) is 5.75 Å². The van der Waals surface area contributed by atoms with Gasteiger partial charge >= 0.3 is 5.97 Å². The first kappa shape index (κ1) is 25.5. The van der Waals surface area contributed by atoms with Gasteiger partial charge in [0.2, 0.25) is 0 Å². The maximum absolute atomic E-state index is 12.8. The lowest BCUT2D eigenvalue weighted by molar-refractivity contribution is -0.127. The molecule has 1 heterocycles. The summed E-state index contributed by atoms with van der Waals surface area (Å²) < 4.78 is 17.4. The number of carbonyl (C=O) groups is 2. The molecule has 10 heteroatoms. The van der Waals surface area contributed by atoms with E-state index in [1.807, 2.05) is 24.3 Å². The van der Waals surface area contributed by atoms with E-state index in [1.54, 1.807) is 49.4 Å². The minimum absolute atomic E-state index is 0.223. The van der Waals surface area contributed by atoms with E-state index in [0.29, 0.717) is 32.0 Å². The van der Waals surface area contributed by atoms with Gasteiger partial charge in [0.05, 0.1) is 18.3 Å². The number of thiophene rings is 1. The Hall–Kier alpha value is -3.59. The lowest BCUT2D eigenvalue weighted by atomic mass is 10.2. The normalized spacial score (nSPS) is 11.9. The van der Waals surface area contributed by atoms with Gasteiger partial charge in [-0.15, -0.1) is 11.3 Å². The fraction of sp³-hybridized carbons (Fsp3) is 0.115. The van der Waals surface area contributed by atoms with Crippen LogP contribution in [-0.2, 0) is 4.79 Å². The number of esters is 1. The van der Waals surface area contributed by atoms with Crippen molar-refractivity contribution in [3.05, 3.63) is 87.2 Å². The number of hydrogen-bond acceptors (Lipinski definition) is 7. The van der Waals surface area contributed by atoms with E-state index in [2.05, 4.69) is 10.5 Å². The maximum atomic E-state index is 12.8. The summed E-state index contributed by atoms with van der Waals surface area (Å²) in [5.74, 6) is -0.0129. The van der Waals surface area contributed by atoms with Crippen molar-refractivity contribution < 1.29 is 23.8 Å². The Balaban J connectivity index is 1.39. The van der Waals surface area contributed by atoms with Gasteiger partial charge in [-0.25, -0.2) is 10.2 Å². The smallest absolute Gasteiger partial charge is 0.355 e. The van der Waals surface area contributed by atoms with Gasteiger partial charge in [0.15, 0.2) is 17.6 Å². The summed E-state index contributed by atoms with van der Waals surface area (Å²) in [4.78, 5) is 25.4. The van der Waals surface area contributed by atoms with Crippen LogP contribution in [-0.4, -0.2) is 31.3 Å². The number of benzene rings is 3. The molecule has 0 fully saturated rings. The lowest BCUT2D eigenvalue weighted by Crippen LogP contribution is -2.33. The highest BCUT2D eigenvalue weighted by atomic mass is 35.5. The monoisotopic (exact) mass is 542 g/mol. The molecule has 0 spiro atoms. The van der Waals surface area contributed by atoms with Crippen LogP contribution >= 0.6 is 34.5 Å². The SMILES string of the molecule is COc1cc(/C=N/NC(=O)C(C)Oc2cccc(Cl)c2)ccc1OC(=O)c1sc2ccccc2c1Cl. The Kier molecular flexibility index (Phi) is 8.10. The highest BCUT2D eigenvalue weighted by molar-refractivity contribution is 7.21. The van der Waals surface area contributed by atoms with E-state index in [1.165, 1.54) is 24.7 Å². The number of nitrogens with zero attached hydrogens (tertiary/aromatic N) is 1. The molecule has 1 N–H and O–H groups in total. The van der Waals surface area contributed by atoms with E-state index in [4.69, 9.17) is 37.4 Å². The summed E-state index contributed by atoms with van der Waals surface area (Å²) in [6.45, 7) is 1.60. The summed E-state index contributed by atoms with van der Waals surface area (Å²) in [7, 11) is 1.46. The first-order chi connectivity index (χ1) is 17.4. The van der Waals surface area contributed by atoms with Gasteiger partial charge in [-0.1, -0.05) is 47.5 Å². The van der Waals surface area contributed by atoms with Crippen molar-refractivity contribution in [1.82, 2.24) is 5.43 Å². The molecule has 184 valence electrons. The summed E-state index contributed by atoms with van der Waals surface area (Å²) in [6.07, 6.45) is 0.638. The number of fused-ring (bicyclic) bond motifs is 1. The summed E-state index contributed by atoms with van der Waals surface area (Å²) in [6, 6.07) is 19.1. The van der Waals surface area contributed by atoms with Crippen LogP contribution in [0.4, 0.5) is 0 Å². The second kappa shape index (κ2) is 11.4. The molecule has 3 aromatic carbocycles. The number of amides is 1. The number of halogens is 2. The van der Waals surface area contributed by atoms with E-state index < -0.39 is 18.0 Å². The standard InChI is InChI=1S/C26H20Cl2N2O5S/c1-15(34-18-7-5-6-17(27)13-18)25(31)30-29-14-16-10-11-20(21(12-16)33-2)35-26(32)24-23(28)19-8-3-4-9-22(19)36-24/h3-15H,1-2H3,(H,30,31)/b29-14+. The predicted octanol–water partition coefficient (Wildman–Crippen LogP) is 6.35. The second-order valence-corrected chi connectivity index (χ2v) is 9.36. The minimum Gasteiger partial charge on any atom is -0.493 e. The predicted molar refractivity (Wildman–Crippen MR) is 142 cm³/mol. The topological polar surface area (TPSA) is 86.2 Å². The fourth-order valence-corrected chi connectivity index (χ4v) is 4.76. The third-order valence-electron chi connectivity index (χ3n) is 4.98. The molecule has 1 aromatic heterocycles. The fourth-order valence-electron chi connectivity index (χ4n) is 3.20. The first-order valence-electron chi connectivity index (χ1n) is 10.7. The molecule has 36 heavy (non-hydrogen) atoms. The molecule has 0 radical (unpaired) electrons. The number of rotatable bonds is 8. The van der Waals surface area contributed by atoms with Crippen molar-refractivity contribution in [2.45, 2.75) is 13.0 Å². The molecule has 1 unspecified atom stereocenters. The molecule has 0 aliphatic rings. The van der Waals surface area contributed by atoms with E-state index in [9.17, 15) is 9.59 Å². The van der Waals surface area contributed by atoms with Gasteiger partial charge in [0.25, 0.3) is 5.91 Å². The van der Waals surface area contributed by atoms with Gasteiger partial charge < -0.3 is 14.2 Å². The van der Waals surface area contributed by atoms with Crippen LogP contribution in [0.2, 0.25) is 10.0 Å². The van der Waals surface area contributed by atoms with Crippen LogP contribution in [0.15, 0.2) is 71.8 Å². The quantitative estimate of drug-likeness (QED) is 0.121. The van der Waals surface area contributed by atoms with Crippen LogP contribution < -0.4 is 19.6 Å². The molecule has 0 saturated carbocycles. The van der Waals surface area contributed by atoms with Crippen molar-refractivity contribution >= 4 is 62.7 Å². The first-order valence-corrected chi connectivity index (χ1v) is 12.3. The van der Waals surface area contributed by atoms with E-state index >= 15 is 0 Å². The van der Waals surface area contributed by atoms with Crippen molar-refractivity contribution in [2.24, 2.45) is 5.10 Å². The molecular formula is C26H20Cl2N2O5S. The van der Waals surface area contributed by atoms with Gasteiger partial charge in [-0.2, -0.15) is 5.10 Å². The molecule has 1 atom stereocenters. The van der Waals surface area contributed by atoms with Crippen LogP contribution in [0.3, 0.4) is 0 Å². The van der Waals surface area contributed by atoms with Gasteiger partial charge in [-0.3, -0.25) is 4.79 Å². The zero-order valence-electron chi connectivity index (χ0n) is 19.2. The molecular weight excluding hydrogens is 523 g/mol. The number of nitrogens with one attached hydrogen (secondary N) is 1. The average molecular weight is 543 g/mol. The average Bonchev–Trinajstić information content (AvgIpc) is 3.21. The molecule has 0 saturated heterocycles. The lowest BCUT2D eigenvalue weighted by Gasteiger charge is -2.13. The summed E-state index contributed by atoms with van der Waals surface area (Å²) in [5.41, 5.74) is 3.03. The zero-order chi connectivity index (χ0) is 25.7. The van der Waals surface area contributed by atoms with Crippen molar-refractivity contribution in [3.63, 3.8) is 0 Å². The highest BCUT2D eigenvalue weighted by Gasteiger charge is 2.20. The second-order valence-electron chi connectivity index (χ2n) is 7.49. The third kappa shape index (κ3) is 5.96. The Labute approximate surface area is 221 Å². The van der Waals surface area contributed by atoms with Crippen LogP contribution in [0, 0.1) is 0 Å². The van der Waals surface area contributed by atoms with Gasteiger partial charge in [-0.05, 0) is 55.0 Å². The Bertz CT molecular complexity index is 1450. The summed E-state index contributed by atoms with van der Waals surface area (Å²) in [5, 5.41) is 5.62. The molecule has 0 aliphatic heterocycles. The molecule has 7 nitrogen and oxygen atoms in total. The number of carbonyl (C=O) groups excluding carboxylic acids is 2. The molecule has 1 amide bonds. The number of methoxy groups -OCH3 is 1.